The van der Waals surface area contributed by atoms with Crippen LogP contribution in [0.1, 0.15) is 45.6 Å². The lowest BCUT2D eigenvalue weighted by Crippen LogP contribution is -2.50. The first-order chi connectivity index (χ1) is 11.1. The molecule has 0 saturated carbocycles. The van der Waals surface area contributed by atoms with Gasteiger partial charge in [-0.25, -0.2) is 4.79 Å². The Hall–Kier alpha value is -2.04. The zero-order chi connectivity index (χ0) is 17.1. The SMILES string of the molecule is CCCCNC(=O)C(NC(=O)OCc1ccccc1)C(C)CC. The maximum atomic E-state index is 12.2. The van der Waals surface area contributed by atoms with Crippen LogP contribution in [0.2, 0.25) is 0 Å². The van der Waals surface area contributed by atoms with Crippen molar-refractivity contribution in [1.82, 2.24) is 10.6 Å². The van der Waals surface area contributed by atoms with E-state index in [0.29, 0.717) is 6.54 Å². The van der Waals surface area contributed by atoms with Crippen molar-refractivity contribution in [3.63, 3.8) is 0 Å². The van der Waals surface area contributed by atoms with Gasteiger partial charge in [0.2, 0.25) is 5.91 Å². The normalized spacial score (nSPS) is 13.0. The van der Waals surface area contributed by atoms with E-state index in [9.17, 15) is 9.59 Å². The first kappa shape index (κ1) is 19.0. The molecule has 2 amide bonds. The first-order valence-corrected chi connectivity index (χ1v) is 8.33. The van der Waals surface area contributed by atoms with Crippen LogP contribution in [0.25, 0.3) is 0 Å². The minimum Gasteiger partial charge on any atom is -0.445 e. The molecule has 2 N–H and O–H groups in total. The Kier molecular flexibility index (Phi) is 8.80. The molecule has 5 heteroatoms. The zero-order valence-electron chi connectivity index (χ0n) is 14.3. The maximum absolute atomic E-state index is 12.2. The average molecular weight is 320 g/mol. The fraction of sp³-hybridized carbons (Fsp3) is 0.556. The molecule has 0 spiro atoms. The standard InChI is InChI=1S/C18H28N2O3/c1-4-6-12-19-17(21)16(14(3)5-2)20-18(22)23-13-15-10-8-7-9-11-15/h7-11,14,16H,4-6,12-13H2,1-3H3,(H,19,21)(H,20,22). The van der Waals surface area contributed by atoms with Crippen LogP contribution in [-0.4, -0.2) is 24.6 Å². The van der Waals surface area contributed by atoms with E-state index in [0.717, 1.165) is 24.8 Å². The van der Waals surface area contributed by atoms with E-state index in [1.807, 2.05) is 44.2 Å². The number of amides is 2. The number of hydrogen-bond donors (Lipinski definition) is 2. The Balaban J connectivity index is 2.51. The van der Waals surface area contributed by atoms with Crippen LogP contribution in [0.15, 0.2) is 30.3 Å². The van der Waals surface area contributed by atoms with E-state index in [4.69, 9.17) is 4.74 Å². The van der Waals surface area contributed by atoms with Gasteiger partial charge < -0.3 is 15.4 Å². The van der Waals surface area contributed by atoms with E-state index >= 15 is 0 Å². The number of carbonyl (C=O) groups excluding carboxylic acids is 2. The molecule has 0 aliphatic carbocycles. The highest BCUT2D eigenvalue weighted by atomic mass is 16.5. The van der Waals surface area contributed by atoms with Gasteiger partial charge in [0.1, 0.15) is 12.6 Å². The van der Waals surface area contributed by atoms with E-state index < -0.39 is 12.1 Å². The summed E-state index contributed by atoms with van der Waals surface area (Å²) < 4.78 is 5.20. The van der Waals surface area contributed by atoms with Crippen molar-refractivity contribution in [1.29, 1.82) is 0 Å². The summed E-state index contributed by atoms with van der Waals surface area (Å²) in [5.74, 6) is -0.106. The van der Waals surface area contributed by atoms with Crippen LogP contribution in [0.4, 0.5) is 4.79 Å². The molecule has 0 aliphatic rings. The molecule has 0 radical (unpaired) electrons. The number of nitrogens with one attached hydrogen (secondary N) is 2. The molecule has 0 fully saturated rings. The molecule has 2 unspecified atom stereocenters. The smallest absolute Gasteiger partial charge is 0.408 e. The molecular weight excluding hydrogens is 292 g/mol. The minimum absolute atomic E-state index is 0.0425. The van der Waals surface area contributed by atoms with E-state index in [2.05, 4.69) is 17.6 Å². The molecule has 23 heavy (non-hydrogen) atoms. The van der Waals surface area contributed by atoms with Crippen molar-refractivity contribution in [2.24, 2.45) is 5.92 Å². The molecule has 0 aliphatic heterocycles. The van der Waals surface area contributed by atoms with Crippen molar-refractivity contribution in [2.75, 3.05) is 6.54 Å². The van der Waals surface area contributed by atoms with Crippen molar-refractivity contribution >= 4 is 12.0 Å². The lowest BCUT2D eigenvalue weighted by atomic mass is 9.98. The van der Waals surface area contributed by atoms with Gasteiger partial charge in [0.05, 0.1) is 0 Å². The minimum atomic E-state index is -0.569. The van der Waals surface area contributed by atoms with Crippen molar-refractivity contribution in [2.45, 2.75) is 52.7 Å². The highest BCUT2D eigenvalue weighted by molar-refractivity contribution is 5.85. The van der Waals surface area contributed by atoms with Crippen LogP contribution in [0.3, 0.4) is 0 Å². The van der Waals surface area contributed by atoms with E-state index in [1.54, 1.807) is 0 Å². The lowest BCUT2D eigenvalue weighted by Gasteiger charge is -2.23. The summed E-state index contributed by atoms with van der Waals surface area (Å²) >= 11 is 0. The molecule has 0 bridgehead atoms. The predicted octanol–water partition coefficient (Wildman–Crippen LogP) is 3.24. The van der Waals surface area contributed by atoms with Crippen molar-refractivity contribution in [3.8, 4) is 0 Å². The summed E-state index contributed by atoms with van der Waals surface area (Å²) in [7, 11) is 0. The van der Waals surface area contributed by atoms with Gasteiger partial charge in [0.25, 0.3) is 0 Å². The second kappa shape index (κ2) is 10.6. The number of benzene rings is 1. The summed E-state index contributed by atoms with van der Waals surface area (Å²) in [6.45, 7) is 6.83. The Morgan fingerprint density at radius 1 is 1.17 bits per heavy atom. The number of carbonyl (C=O) groups is 2. The molecule has 0 heterocycles. The van der Waals surface area contributed by atoms with Gasteiger partial charge in [-0.05, 0) is 17.9 Å². The van der Waals surface area contributed by atoms with Crippen LogP contribution in [0, 0.1) is 5.92 Å². The van der Waals surface area contributed by atoms with E-state index in [1.165, 1.54) is 0 Å². The number of rotatable bonds is 9. The molecule has 1 aromatic rings. The largest absolute Gasteiger partial charge is 0.445 e. The second-order valence-corrected chi connectivity index (χ2v) is 5.71. The third-order valence-corrected chi connectivity index (χ3v) is 3.81. The maximum Gasteiger partial charge on any atom is 0.408 e. The predicted molar refractivity (Wildman–Crippen MR) is 90.9 cm³/mol. The van der Waals surface area contributed by atoms with E-state index in [-0.39, 0.29) is 18.4 Å². The quantitative estimate of drug-likeness (QED) is 0.686. The highest BCUT2D eigenvalue weighted by Gasteiger charge is 2.26. The third-order valence-electron chi connectivity index (χ3n) is 3.81. The third kappa shape index (κ3) is 7.17. The van der Waals surface area contributed by atoms with Gasteiger partial charge in [0.15, 0.2) is 0 Å². The van der Waals surface area contributed by atoms with Crippen molar-refractivity contribution < 1.29 is 14.3 Å². The number of hydrogen-bond acceptors (Lipinski definition) is 3. The zero-order valence-corrected chi connectivity index (χ0v) is 14.3. The van der Waals surface area contributed by atoms with Crippen LogP contribution < -0.4 is 10.6 Å². The monoisotopic (exact) mass is 320 g/mol. The van der Waals surface area contributed by atoms with Gasteiger partial charge in [0, 0.05) is 6.54 Å². The summed E-state index contributed by atoms with van der Waals surface area (Å²) in [6, 6.07) is 8.89. The van der Waals surface area contributed by atoms with Gasteiger partial charge >= 0.3 is 6.09 Å². The number of unbranched alkanes of at least 4 members (excludes halogenated alkanes) is 1. The molecule has 5 nitrogen and oxygen atoms in total. The Morgan fingerprint density at radius 3 is 2.48 bits per heavy atom. The van der Waals surface area contributed by atoms with Crippen LogP contribution in [0.5, 0.6) is 0 Å². The topological polar surface area (TPSA) is 67.4 Å². The summed E-state index contributed by atoms with van der Waals surface area (Å²) in [5, 5.41) is 5.56. The lowest BCUT2D eigenvalue weighted by molar-refractivity contribution is -0.124. The molecule has 1 rings (SSSR count). The van der Waals surface area contributed by atoms with Crippen LogP contribution >= 0.6 is 0 Å². The van der Waals surface area contributed by atoms with Crippen LogP contribution in [-0.2, 0) is 16.1 Å². The molecular formula is C18H28N2O3. The Morgan fingerprint density at radius 2 is 1.87 bits per heavy atom. The average Bonchev–Trinajstić information content (AvgIpc) is 2.58. The highest BCUT2D eigenvalue weighted by Crippen LogP contribution is 2.09. The second-order valence-electron chi connectivity index (χ2n) is 5.71. The number of ether oxygens (including phenoxy) is 1. The number of alkyl carbamates (subject to hydrolysis) is 1. The Bertz CT molecular complexity index is 476. The molecule has 0 aromatic heterocycles. The van der Waals surface area contributed by atoms with Crippen molar-refractivity contribution in [3.05, 3.63) is 35.9 Å². The van der Waals surface area contributed by atoms with Gasteiger partial charge in [-0.2, -0.15) is 0 Å². The molecule has 0 saturated heterocycles. The summed E-state index contributed by atoms with van der Waals surface area (Å²) in [4.78, 5) is 24.2. The van der Waals surface area contributed by atoms with Gasteiger partial charge in [-0.15, -0.1) is 0 Å². The molecule has 128 valence electrons. The van der Waals surface area contributed by atoms with Gasteiger partial charge in [-0.3, -0.25) is 4.79 Å². The van der Waals surface area contributed by atoms with Gasteiger partial charge in [-0.1, -0.05) is 63.9 Å². The fourth-order valence-corrected chi connectivity index (χ4v) is 2.09. The summed E-state index contributed by atoms with van der Waals surface area (Å²) in [6.07, 6.45) is 2.17. The fourth-order valence-electron chi connectivity index (χ4n) is 2.09. The Labute approximate surface area is 138 Å². The first-order valence-electron chi connectivity index (χ1n) is 8.33. The molecule has 2 atom stereocenters. The molecule has 1 aromatic carbocycles. The summed E-state index contributed by atoms with van der Waals surface area (Å²) in [5.41, 5.74) is 0.912.